The molecule has 0 aliphatic carbocycles. The summed E-state index contributed by atoms with van der Waals surface area (Å²) >= 11 is 3.40. The van der Waals surface area contributed by atoms with E-state index >= 15 is 0 Å². The number of methoxy groups -OCH3 is 2. The van der Waals surface area contributed by atoms with Crippen LogP contribution in [0.5, 0.6) is 11.5 Å². The summed E-state index contributed by atoms with van der Waals surface area (Å²) in [5, 5.41) is 0. The third-order valence-electron chi connectivity index (χ3n) is 1.97. The van der Waals surface area contributed by atoms with E-state index in [1.165, 1.54) is 0 Å². The summed E-state index contributed by atoms with van der Waals surface area (Å²) < 4.78 is 11.3. The lowest BCUT2D eigenvalue weighted by Gasteiger charge is -2.11. The molecule has 0 aliphatic heterocycles. The van der Waals surface area contributed by atoms with Crippen molar-refractivity contribution in [2.75, 3.05) is 20.8 Å². The molecule has 0 atom stereocenters. The molecule has 0 unspecified atom stereocenters. The van der Waals surface area contributed by atoms with Crippen molar-refractivity contribution in [3.8, 4) is 11.5 Å². The van der Waals surface area contributed by atoms with Crippen molar-refractivity contribution in [1.82, 2.24) is 0 Å². The molecule has 1 aromatic carbocycles. The maximum Gasteiger partial charge on any atom is 0.133 e. The molecule has 1 aromatic rings. The van der Waals surface area contributed by atoms with Crippen molar-refractivity contribution in [3.63, 3.8) is 0 Å². The number of benzene rings is 1. The first-order valence-corrected chi connectivity index (χ1v) is 6.12. The van der Waals surface area contributed by atoms with Gasteiger partial charge in [0.15, 0.2) is 0 Å². The number of hydrogen-bond acceptors (Lipinski definition) is 3. The Labute approximate surface area is 106 Å². The Balaban J connectivity index is 0.00000106. The molecule has 0 fully saturated rings. The van der Waals surface area contributed by atoms with Crippen molar-refractivity contribution in [1.29, 1.82) is 0 Å². The van der Waals surface area contributed by atoms with Gasteiger partial charge in [-0.25, -0.2) is 0 Å². The highest BCUT2D eigenvalue weighted by Gasteiger charge is 2.08. The standard InChI is InChI=1S/C10H14BrNO2.C2H6/c1-13-9-6-8(11)10(14-2)5-7(9)3-4-12;1-2/h5-6H,3-4,12H2,1-2H3;1-2H3. The summed E-state index contributed by atoms with van der Waals surface area (Å²) in [6, 6.07) is 3.83. The highest BCUT2D eigenvalue weighted by atomic mass is 79.9. The average molecular weight is 290 g/mol. The highest BCUT2D eigenvalue weighted by molar-refractivity contribution is 9.10. The fourth-order valence-corrected chi connectivity index (χ4v) is 1.76. The van der Waals surface area contributed by atoms with Crippen LogP contribution in [0, 0.1) is 0 Å². The van der Waals surface area contributed by atoms with E-state index in [9.17, 15) is 0 Å². The molecule has 0 spiro atoms. The van der Waals surface area contributed by atoms with Gasteiger partial charge in [-0.1, -0.05) is 13.8 Å². The Morgan fingerprint density at radius 2 is 1.69 bits per heavy atom. The highest BCUT2D eigenvalue weighted by Crippen LogP contribution is 2.32. The zero-order valence-corrected chi connectivity index (χ0v) is 11.9. The van der Waals surface area contributed by atoms with Gasteiger partial charge in [0.2, 0.25) is 0 Å². The monoisotopic (exact) mass is 289 g/mol. The predicted molar refractivity (Wildman–Crippen MR) is 71.4 cm³/mol. The van der Waals surface area contributed by atoms with Crippen molar-refractivity contribution in [2.24, 2.45) is 5.73 Å². The van der Waals surface area contributed by atoms with E-state index in [0.717, 1.165) is 28.0 Å². The van der Waals surface area contributed by atoms with E-state index in [4.69, 9.17) is 15.2 Å². The van der Waals surface area contributed by atoms with Crippen LogP contribution >= 0.6 is 15.9 Å². The molecule has 0 amide bonds. The van der Waals surface area contributed by atoms with E-state index in [2.05, 4.69) is 15.9 Å². The quantitative estimate of drug-likeness (QED) is 0.927. The Hall–Kier alpha value is -0.740. The first-order chi connectivity index (χ1) is 7.72. The van der Waals surface area contributed by atoms with Crippen LogP contribution in [0.15, 0.2) is 16.6 Å². The second-order valence-corrected chi connectivity index (χ2v) is 3.69. The number of hydrogen-bond donors (Lipinski definition) is 1. The Morgan fingerprint density at radius 1 is 1.12 bits per heavy atom. The summed E-state index contributed by atoms with van der Waals surface area (Å²) in [5.74, 6) is 1.64. The first kappa shape index (κ1) is 15.3. The topological polar surface area (TPSA) is 44.5 Å². The molecule has 3 nitrogen and oxygen atoms in total. The molecule has 0 heterocycles. The normalized spacial score (nSPS) is 9.12. The lowest BCUT2D eigenvalue weighted by atomic mass is 10.1. The molecule has 92 valence electrons. The summed E-state index contributed by atoms with van der Waals surface area (Å²) in [5.41, 5.74) is 6.57. The molecule has 0 bridgehead atoms. The molecule has 0 aromatic heterocycles. The molecule has 0 saturated heterocycles. The zero-order valence-electron chi connectivity index (χ0n) is 10.3. The molecule has 0 saturated carbocycles. The van der Waals surface area contributed by atoms with Crippen LogP contribution in [0.3, 0.4) is 0 Å². The molecular weight excluding hydrogens is 270 g/mol. The van der Waals surface area contributed by atoms with E-state index in [0.29, 0.717) is 6.54 Å². The van der Waals surface area contributed by atoms with Crippen molar-refractivity contribution < 1.29 is 9.47 Å². The van der Waals surface area contributed by atoms with Crippen molar-refractivity contribution in [2.45, 2.75) is 20.3 Å². The van der Waals surface area contributed by atoms with Gasteiger partial charge in [-0.05, 0) is 46.6 Å². The summed E-state index contributed by atoms with van der Waals surface area (Å²) in [6.07, 6.45) is 0.785. The van der Waals surface area contributed by atoms with Crippen LogP contribution in [-0.2, 0) is 6.42 Å². The van der Waals surface area contributed by atoms with Crippen LogP contribution in [0.2, 0.25) is 0 Å². The van der Waals surface area contributed by atoms with Gasteiger partial charge in [0.25, 0.3) is 0 Å². The van der Waals surface area contributed by atoms with Crippen LogP contribution in [0.4, 0.5) is 0 Å². The lowest BCUT2D eigenvalue weighted by Crippen LogP contribution is -2.04. The average Bonchev–Trinajstić information content (AvgIpc) is 2.33. The first-order valence-electron chi connectivity index (χ1n) is 5.33. The van der Waals surface area contributed by atoms with Gasteiger partial charge in [-0.2, -0.15) is 0 Å². The third-order valence-corrected chi connectivity index (χ3v) is 2.59. The van der Waals surface area contributed by atoms with Crippen LogP contribution in [-0.4, -0.2) is 20.8 Å². The second-order valence-electron chi connectivity index (χ2n) is 2.84. The van der Waals surface area contributed by atoms with Gasteiger partial charge >= 0.3 is 0 Å². The van der Waals surface area contributed by atoms with E-state index < -0.39 is 0 Å². The Kier molecular flexibility index (Phi) is 8.03. The smallest absolute Gasteiger partial charge is 0.133 e. The zero-order chi connectivity index (χ0) is 12.6. The van der Waals surface area contributed by atoms with Crippen LogP contribution < -0.4 is 15.2 Å². The molecule has 16 heavy (non-hydrogen) atoms. The van der Waals surface area contributed by atoms with Gasteiger partial charge in [0, 0.05) is 0 Å². The molecule has 0 radical (unpaired) electrons. The van der Waals surface area contributed by atoms with Gasteiger partial charge in [-0.3, -0.25) is 0 Å². The number of halogens is 1. The van der Waals surface area contributed by atoms with Gasteiger partial charge in [0.05, 0.1) is 18.7 Å². The van der Waals surface area contributed by atoms with E-state index in [1.807, 2.05) is 26.0 Å². The van der Waals surface area contributed by atoms with Gasteiger partial charge in [-0.15, -0.1) is 0 Å². The number of nitrogens with two attached hydrogens (primary N) is 1. The van der Waals surface area contributed by atoms with Crippen LogP contribution in [0.25, 0.3) is 0 Å². The second kappa shape index (κ2) is 8.42. The minimum atomic E-state index is 0.598. The molecule has 4 heteroatoms. The Bertz CT molecular complexity index is 316. The van der Waals surface area contributed by atoms with Crippen LogP contribution in [0.1, 0.15) is 19.4 Å². The van der Waals surface area contributed by atoms with Crippen molar-refractivity contribution >= 4 is 15.9 Å². The molecule has 0 aliphatic rings. The predicted octanol–water partition coefficient (Wildman–Crippen LogP) is 2.99. The summed E-state index contributed by atoms with van der Waals surface area (Å²) in [4.78, 5) is 0. The lowest BCUT2D eigenvalue weighted by molar-refractivity contribution is 0.397. The number of rotatable bonds is 4. The van der Waals surface area contributed by atoms with Crippen molar-refractivity contribution in [3.05, 3.63) is 22.2 Å². The fourth-order valence-electron chi connectivity index (χ4n) is 1.27. The number of ether oxygens (including phenoxy) is 2. The fraction of sp³-hybridized carbons (Fsp3) is 0.500. The van der Waals surface area contributed by atoms with Gasteiger partial charge in [0.1, 0.15) is 11.5 Å². The maximum atomic E-state index is 5.51. The van der Waals surface area contributed by atoms with E-state index in [-0.39, 0.29) is 0 Å². The molecule has 2 N–H and O–H groups in total. The van der Waals surface area contributed by atoms with E-state index in [1.54, 1.807) is 14.2 Å². The molecular formula is C12H20BrNO2. The maximum absolute atomic E-state index is 5.51. The SMILES string of the molecule is CC.COc1cc(CCN)c(OC)cc1Br. The minimum absolute atomic E-state index is 0.598. The van der Waals surface area contributed by atoms with Gasteiger partial charge < -0.3 is 15.2 Å². The largest absolute Gasteiger partial charge is 0.496 e. The minimum Gasteiger partial charge on any atom is -0.496 e. The summed E-state index contributed by atoms with van der Waals surface area (Å²) in [7, 11) is 3.28. The molecule has 1 rings (SSSR count). The third kappa shape index (κ3) is 4.02. The summed E-state index contributed by atoms with van der Waals surface area (Å²) in [6.45, 7) is 4.60. The Morgan fingerprint density at radius 3 is 2.12 bits per heavy atom.